The molecule has 0 aliphatic heterocycles. The first-order valence-electron chi connectivity index (χ1n) is 6.29. The SMILES string of the molecule is COC(=O)c1ccccc1N(C)C(=O)c1ccc(O)cc1. The number of benzene rings is 2. The Labute approximate surface area is 122 Å². The van der Waals surface area contributed by atoms with Gasteiger partial charge in [0.1, 0.15) is 5.75 Å². The smallest absolute Gasteiger partial charge is 0.339 e. The van der Waals surface area contributed by atoms with E-state index in [-0.39, 0.29) is 11.7 Å². The van der Waals surface area contributed by atoms with Crippen LogP contribution in [0.5, 0.6) is 5.75 Å². The van der Waals surface area contributed by atoms with E-state index in [2.05, 4.69) is 0 Å². The molecule has 0 radical (unpaired) electrons. The third-order valence-electron chi connectivity index (χ3n) is 3.09. The molecule has 0 bridgehead atoms. The largest absolute Gasteiger partial charge is 0.508 e. The molecule has 0 saturated heterocycles. The van der Waals surface area contributed by atoms with Crippen molar-refractivity contribution in [2.24, 2.45) is 0 Å². The molecule has 5 nitrogen and oxygen atoms in total. The van der Waals surface area contributed by atoms with Gasteiger partial charge in [-0.1, -0.05) is 12.1 Å². The minimum atomic E-state index is -0.504. The van der Waals surface area contributed by atoms with E-state index in [1.165, 1.54) is 36.3 Å². The standard InChI is InChI=1S/C16H15NO4/c1-17(15(19)11-7-9-12(18)10-8-11)14-6-4-3-5-13(14)16(20)21-2/h3-10,18H,1-2H3. The van der Waals surface area contributed by atoms with Gasteiger partial charge in [-0.05, 0) is 36.4 Å². The van der Waals surface area contributed by atoms with Crippen LogP contribution in [0.25, 0.3) is 0 Å². The Morgan fingerprint density at radius 3 is 2.29 bits per heavy atom. The summed E-state index contributed by atoms with van der Waals surface area (Å²) in [5, 5.41) is 9.26. The number of amides is 1. The average Bonchev–Trinajstić information content (AvgIpc) is 2.53. The Balaban J connectivity index is 2.36. The van der Waals surface area contributed by atoms with Crippen LogP contribution < -0.4 is 4.90 Å². The van der Waals surface area contributed by atoms with Crippen molar-refractivity contribution in [1.29, 1.82) is 0 Å². The maximum absolute atomic E-state index is 12.4. The van der Waals surface area contributed by atoms with Gasteiger partial charge in [0.2, 0.25) is 0 Å². The Hall–Kier alpha value is -2.82. The van der Waals surface area contributed by atoms with Crippen LogP contribution in [0.3, 0.4) is 0 Å². The second kappa shape index (κ2) is 6.09. The van der Waals surface area contributed by atoms with E-state index >= 15 is 0 Å². The number of hydrogen-bond acceptors (Lipinski definition) is 4. The number of para-hydroxylation sites is 1. The lowest BCUT2D eigenvalue weighted by Gasteiger charge is -2.20. The van der Waals surface area contributed by atoms with E-state index in [1.807, 2.05) is 0 Å². The summed E-state index contributed by atoms with van der Waals surface area (Å²) < 4.78 is 4.72. The zero-order valence-electron chi connectivity index (χ0n) is 11.7. The van der Waals surface area contributed by atoms with Crippen molar-refractivity contribution in [3.8, 4) is 5.75 Å². The minimum absolute atomic E-state index is 0.0872. The zero-order valence-corrected chi connectivity index (χ0v) is 11.7. The minimum Gasteiger partial charge on any atom is -0.508 e. The maximum atomic E-state index is 12.4. The fourth-order valence-electron chi connectivity index (χ4n) is 1.96. The summed E-state index contributed by atoms with van der Waals surface area (Å²) in [6, 6.07) is 12.6. The Morgan fingerprint density at radius 1 is 1.05 bits per heavy atom. The Morgan fingerprint density at radius 2 is 1.67 bits per heavy atom. The maximum Gasteiger partial charge on any atom is 0.339 e. The molecular weight excluding hydrogens is 270 g/mol. The fraction of sp³-hybridized carbons (Fsp3) is 0.125. The predicted molar refractivity (Wildman–Crippen MR) is 78.6 cm³/mol. The number of phenols is 1. The average molecular weight is 285 g/mol. The van der Waals surface area contributed by atoms with Gasteiger partial charge < -0.3 is 14.7 Å². The molecule has 0 spiro atoms. The molecule has 108 valence electrons. The van der Waals surface area contributed by atoms with Gasteiger partial charge in [0, 0.05) is 12.6 Å². The van der Waals surface area contributed by atoms with Crippen LogP contribution in [0.2, 0.25) is 0 Å². The fourth-order valence-corrected chi connectivity index (χ4v) is 1.96. The molecule has 2 aromatic rings. The monoisotopic (exact) mass is 285 g/mol. The molecule has 0 aliphatic carbocycles. The molecule has 0 heterocycles. The number of ether oxygens (including phenoxy) is 1. The molecule has 5 heteroatoms. The first-order chi connectivity index (χ1) is 10.0. The third kappa shape index (κ3) is 3.02. The predicted octanol–water partition coefficient (Wildman–Crippen LogP) is 2.46. The van der Waals surface area contributed by atoms with Crippen LogP contribution in [0.4, 0.5) is 5.69 Å². The first-order valence-corrected chi connectivity index (χ1v) is 6.29. The molecule has 0 aliphatic rings. The van der Waals surface area contributed by atoms with Gasteiger partial charge in [-0.15, -0.1) is 0 Å². The van der Waals surface area contributed by atoms with Crippen LogP contribution in [-0.2, 0) is 4.74 Å². The second-order valence-corrected chi connectivity index (χ2v) is 4.42. The summed E-state index contributed by atoms with van der Waals surface area (Å²) in [6.07, 6.45) is 0. The number of anilines is 1. The van der Waals surface area contributed by atoms with Crippen molar-refractivity contribution in [1.82, 2.24) is 0 Å². The summed E-state index contributed by atoms with van der Waals surface area (Å²) in [6.45, 7) is 0. The van der Waals surface area contributed by atoms with Crippen molar-refractivity contribution < 1.29 is 19.4 Å². The molecular formula is C16H15NO4. The molecule has 0 aromatic heterocycles. The van der Waals surface area contributed by atoms with Gasteiger partial charge in [-0.3, -0.25) is 4.79 Å². The Bertz CT molecular complexity index is 664. The summed E-state index contributed by atoms with van der Waals surface area (Å²) in [5.41, 5.74) is 1.19. The lowest BCUT2D eigenvalue weighted by Crippen LogP contribution is -2.28. The number of rotatable bonds is 3. The van der Waals surface area contributed by atoms with Crippen LogP contribution in [0.1, 0.15) is 20.7 Å². The van der Waals surface area contributed by atoms with E-state index < -0.39 is 5.97 Å². The van der Waals surface area contributed by atoms with Gasteiger partial charge in [0.15, 0.2) is 0 Å². The van der Waals surface area contributed by atoms with E-state index in [0.29, 0.717) is 16.8 Å². The number of aromatic hydroxyl groups is 1. The summed E-state index contributed by atoms with van der Waals surface area (Å²) >= 11 is 0. The number of nitrogens with zero attached hydrogens (tertiary/aromatic N) is 1. The van der Waals surface area contributed by atoms with Crippen molar-refractivity contribution in [3.63, 3.8) is 0 Å². The number of carbonyl (C=O) groups is 2. The van der Waals surface area contributed by atoms with Gasteiger partial charge in [0.05, 0.1) is 18.4 Å². The molecule has 2 aromatic carbocycles. The van der Waals surface area contributed by atoms with Crippen molar-refractivity contribution in [2.75, 3.05) is 19.1 Å². The molecule has 21 heavy (non-hydrogen) atoms. The van der Waals surface area contributed by atoms with Crippen molar-refractivity contribution in [3.05, 3.63) is 59.7 Å². The van der Waals surface area contributed by atoms with E-state index in [4.69, 9.17) is 4.74 Å². The lowest BCUT2D eigenvalue weighted by molar-refractivity contribution is 0.0601. The molecule has 1 amide bonds. The quantitative estimate of drug-likeness (QED) is 0.880. The third-order valence-corrected chi connectivity index (χ3v) is 3.09. The van der Waals surface area contributed by atoms with E-state index in [0.717, 1.165) is 0 Å². The zero-order chi connectivity index (χ0) is 15.4. The van der Waals surface area contributed by atoms with Crippen LogP contribution in [0.15, 0.2) is 48.5 Å². The highest BCUT2D eigenvalue weighted by Crippen LogP contribution is 2.22. The van der Waals surface area contributed by atoms with Crippen molar-refractivity contribution >= 4 is 17.6 Å². The number of phenolic OH excluding ortho intramolecular Hbond substituents is 1. The first kappa shape index (κ1) is 14.6. The second-order valence-electron chi connectivity index (χ2n) is 4.42. The summed E-state index contributed by atoms with van der Waals surface area (Å²) in [5.74, 6) is -0.702. The summed E-state index contributed by atoms with van der Waals surface area (Å²) in [4.78, 5) is 25.5. The highest BCUT2D eigenvalue weighted by molar-refractivity contribution is 6.09. The lowest BCUT2D eigenvalue weighted by atomic mass is 10.1. The van der Waals surface area contributed by atoms with Gasteiger partial charge in [-0.25, -0.2) is 4.79 Å². The molecule has 0 fully saturated rings. The number of esters is 1. The van der Waals surface area contributed by atoms with Crippen LogP contribution in [-0.4, -0.2) is 31.1 Å². The van der Waals surface area contributed by atoms with Gasteiger partial charge >= 0.3 is 5.97 Å². The topological polar surface area (TPSA) is 66.8 Å². The van der Waals surface area contributed by atoms with Gasteiger partial charge in [0.25, 0.3) is 5.91 Å². The highest BCUT2D eigenvalue weighted by Gasteiger charge is 2.19. The molecule has 2 rings (SSSR count). The van der Waals surface area contributed by atoms with E-state index in [9.17, 15) is 14.7 Å². The van der Waals surface area contributed by atoms with Crippen LogP contribution in [0, 0.1) is 0 Å². The molecule has 1 N–H and O–H groups in total. The Kier molecular flexibility index (Phi) is 4.23. The number of methoxy groups -OCH3 is 1. The molecule has 0 saturated carbocycles. The molecule has 0 unspecified atom stereocenters. The van der Waals surface area contributed by atoms with E-state index in [1.54, 1.807) is 31.3 Å². The highest BCUT2D eigenvalue weighted by atomic mass is 16.5. The number of hydrogen-bond donors (Lipinski definition) is 1. The molecule has 0 atom stereocenters. The van der Waals surface area contributed by atoms with Gasteiger partial charge in [-0.2, -0.15) is 0 Å². The number of carbonyl (C=O) groups excluding carboxylic acids is 2. The van der Waals surface area contributed by atoms with Crippen molar-refractivity contribution in [2.45, 2.75) is 0 Å². The van der Waals surface area contributed by atoms with Crippen LogP contribution >= 0.6 is 0 Å². The normalized spacial score (nSPS) is 10.0. The summed E-state index contributed by atoms with van der Waals surface area (Å²) in [7, 11) is 2.87.